The molecule has 10 heteroatoms. The molecule has 2 saturated heterocycles. The number of carboxylic acid groups (broad SMARTS) is 1. The van der Waals surface area contributed by atoms with Crippen LogP contribution in [0.5, 0.6) is 0 Å². The van der Waals surface area contributed by atoms with Gasteiger partial charge in [-0.15, -0.1) is 0 Å². The molecule has 0 atom stereocenters. The number of piperidine rings is 2. The van der Waals surface area contributed by atoms with Crippen molar-refractivity contribution >= 4 is 24.1 Å². The van der Waals surface area contributed by atoms with Crippen molar-refractivity contribution in [2.24, 2.45) is 70.0 Å². The van der Waals surface area contributed by atoms with Crippen molar-refractivity contribution in [3.8, 4) is 0 Å². The second kappa shape index (κ2) is 16.5. The molecule has 2 amide bonds. The predicted octanol–water partition coefficient (Wildman–Crippen LogP) is 9.48. The van der Waals surface area contributed by atoms with Gasteiger partial charge in [0.05, 0.1) is 7.11 Å². The van der Waals surface area contributed by atoms with Crippen molar-refractivity contribution < 1.29 is 38.5 Å². The average molecular weight is 793 g/mol. The van der Waals surface area contributed by atoms with Crippen LogP contribution in [0.3, 0.4) is 0 Å². The van der Waals surface area contributed by atoms with Gasteiger partial charge in [-0.1, -0.05) is 0 Å². The Morgan fingerprint density at radius 1 is 0.509 bits per heavy atom. The smallest absolute Gasteiger partial charge is 0.410 e. The summed E-state index contributed by atoms with van der Waals surface area (Å²) in [6, 6.07) is 0. The van der Waals surface area contributed by atoms with Crippen LogP contribution in [-0.4, -0.2) is 84.5 Å². The topological polar surface area (TPSA) is 123 Å². The van der Waals surface area contributed by atoms with Gasteiger partial charge < -0.3 is 29.1 Å². The first kappa shape index (κ1) is 39.9. The average Bonchev–Trinajstić information content (AvgIpc) is 3.19. The second-order valence-corrected chi connectivity index (χ2v) is 21.8. The van der Waals surface area contributed by atoms with Gasteiger partial charge in [-0.3, -0.25) is 9.59 Å². The number of aliphatic carboxylic acids is 1. The summed E-state index contributed by atoms with van der Waals surface area (Å²) >= 11 is 0. The largest absolute Gasteiger partial charge is 0.481 e. The Morgan fingerprint density at radius 2 is 0.842 bits per heavy atom. The number of rotatable bonds is 6. The standard InChI is InChI=1S/C24H37NO4.C23H35NO4/c1-28-21(26)15-16-2-4-24(5-3-16)6-8-25(9-7-24)23(27)29-22-19-11-17-10-18(13-19)14-20(22)12-17;25-20(26)14-15-1-3-23(4-2-15)5-7-24(8-6-23)22(27)28-21-18-10-16-9-17(12-18)13-19(21)11-16/h16-20,22H,2-15H2,1H3;15-19,21H,1-14H2,(H,25,26). The first-order valence-electron chi connectivity index (χ1n) is 23.7. The quantitative estimate of drug-likeness (QED) is 0.209. The Bertz CT molecular complexity index is 1400. The van der Waals surface area contributed by atoms with Gasteiger partial charge in [0.15, 0.2) is 0 Å². The first-order valence-corrected chi connectivity index (χ1v) is 23.7. The van der Waals surface area contributed by atoms with Crippen LogP contribution in [0.4, 0.5) is 9.59 Å². The number of carbonyl (C=O) groups excluding carboxylic acids is 3. The third kappa shape index (κ3) is 8.72. The minimum absolute atomic E-state index is 0.0447. The highest BCUT2D eigenvalue weighted by molar-refractivity contribution is 5.70. The van der Waals surface area contributed by atoms with E-state index in [4.69, 9.17) is 19.3 Å². The molecule has 10 saturated carbocycles. The van der Waals surface area contributed by atoms with Crippen molar-refractivity contribution in [3.63, 3.8) is 0 Å². The molecule has 12 aliphatic rings. The Hall–Kier alpha value is -2.52. The summed E-state index contributed by atoms with van der Waals surface area (Å²) in [6.45, 7) is 3.31. The molecule has 0 unspecified atom stereocenters. The Labute approximate surface area is 341 Å². The lowest BCUT2D eigenvalue weighted by atomic mass is 9.55. The molecular weight excluding hydrogens is 721 g/mol. The third-order valence-corrected chi connectivity index (χ3v) is 18.4. The Kier molecular flexibility index (Phi) is 11.6. The molecule has 57 heavy (non-hydrogen) atoms. The van der Waals surface area contributed by atoms with Crippen molar-refractivity contribution in [2.45, 2.75) is 166 Å². The van der Waals surface area contributed by atoms with E-state index in [-0.39, 0.29) is 30.4 Å². The van der Waals surface area contributed by atoms with E-state index in [0.29, 0.717) is 59.2 Å². The number of carboxylic acids is 1. The predicted molar refractivity (Wildman–Crippen MR) is 214 cm³/mol. The number of hydrogen-bond donors (Lipinski definition) is 1. The molecule has 0 aromatic rings. The number of esters is 1. The molecule has 318 valence electrons. The van der Waals surface area contributed by atoms with Crippen molar-refractivity contribution in [2.75, 3.05) is 33.3 Å². The van der Waals surface area contributed by atoms with Crippen LogP contribution in [0.25, 0.3) is 0 Å². The fraction of sp³-hybridized carbons (Fsp3) is 0.915. The molecule has 0 radical (unpaired) electrons. The second-order valence-electron chi connectivity index (χ2n) is 21.8. The maximum absolute atomic E-state index is 12.9. The lowest BCUT2D eigenvalue weighted by Crippen LogP contribution is -2.52. The number of likely N-dealkylation sites (tertiary alicyclic amines) is 2. The summed E-state index contributed by atoms with van der Waals surface area (Å²) < 4.78 is 17.1. The summed E-state index contributed by atoms with van der Waals surface area (Å²) in [5.41, 5.74) is 0.723. The van der Waals surface area contributed by atoms with Crippen molar-refractivity contribution in [1.29, 1.82) is 0 Å². The lowest BCUT2D eigenvalue weighted by Gasteiger charge is -2.53. The highest BCUT2D eigenvalue weighted by atomic mass is 16.6. The van der Waals surface area contributed by atoms with E-state index in [2.05, 4.69) is 0 Å². The highest BCUT2D eigenvalue weighted by Gasteiger charge is 2.52. The number of carbonyl (C=O) groups is 4. The zero-order chi connectivity index (χ0) is 39.3. The molecule has 12 rings (SSSR count). The van der Waals surface area contributed by atoms with Crippen LogP contribution < -0.4 is 0 Å². The number of hydrogen-bond acceptors (Lipinski definition) is 7. The lowest BCUT2D eigenvalue weighted by molar-refractivity contribution is -0.142. The van der Waals surface area contributed by atoms with Gasteiger partial charge in [-0.05, 0) is 211 Å². The van der Waals surface area contributed by atoms with Gasteiger partial charge in [0.25, 0.3) is 0 Å². The molecule has 10 nitrogen and oxygen atoms in total. The molecule has 2 heterocycles. The van der Waals surface area contributed by atoms with Crippen molar-refractivity contribution in [1.82, 2.24) is 9.80 Å². The van der Waals surface area contributed by atoms with E-state index in [1.807, 2.05) is 9.80 Å². The van der Waals surface area contributed by atoms with Crippen LogP contribution in [0.1, 0.15) is 154 Å². The van der Waals surface area contributed by atoms with E-state index in [0.717, 1.165) is 114 Å². The molecule has 2 aliphatic heterocycles. The molecule has 2 spiro atoms. The van der Waals surface area contributed by atoms with Gasteiger partial charge >= 0.3 is 24.1 Å². The Morgan fingerprint density at radius 3 is 1.16 bits per heavy atom. The molecule has 0 aromatic carbocycles. The number of methoxy groups -OCH3 is 1. The normalized spacial score (nSPS) is 39.7. The number of nitrogens with zero attached hydrogens (tertiary/aromatic N) is 2. The molecule has 10 aliphatic carbocycles. The van der Waals surface area contributed by atoms with Crippen LogP contribution in [0.15, 0.2) is 0 Å². The van der Waals surface area contributed by atoms with Gasteiger partial charge in [0, 0.05) is 39.0 Å². The van der Waals surface area contributed by atoms with Gasteiger partial charge in [0.2, 0.25) is 0 Å². The Balaban J connectivity index is 0.000000148. The van der Waals surface area contributed by atoms with Gasteiger partial charge in [-0.25, -0.2) is 9.59 Å². The summed E-state index contributed by atoms with van der Waals surface area (Å²) in [6.07, 6.45) is 27.6. The van der Waals surface area contributed by atoms with E-state index < -0.39 is 5.97 Å². The van der Waals surface area contributed by atoms with Gasteiger partial charge in [-0.2, -0.15) is 0 Å². The van der Waals surface area contributed by atoms with Crippen LogP contribution in [-0.2, 0) is 23.8 Å². The molecule has 8 bridgehead atoms. The van der Waals surface area contributed by atoms with E-state index in [9.17, 15) is 19.2 Å². The summed E-state index contributed by atoms with van der Waals surface area (Å²) in [5.74, 6) is 6.25. The van der Waals surface area contributed by atoms with E-state index >= 15 is 0 Å². The zero-order valence-corrected chi connectivity index (χ0v) is 34.9. The van der Waals surface area contributed by atoms with Crippen LogP contribution in [0.2, 0.25) is 0 Å². The van der Waals surface area contributed by atoms with E-state index in [1.54, 1.807) is 0 Å². The van der Waals surface area contributed by atoms with Crippen molar-refractivity contribution in [3.05, 3.63) is 0 Å². The minimum Gasteiger partial charge on any atom is -0.481 e. The highest BCUT2D eigenvalue weighted by Crippen LogP contribution is 2.56. The fourth-order valence-corrected chi connectivity index (χ4v) is 15.4. The molecule has 12 fully saturated rings. The van der Waals surface area contributed by atoms with Crippen LogP contribution >= 0.6 is 0 Å². The van der Waals surface area contributed by atoms with Crippen LogP contribution in [0, 0.1) is 70.0 Å². The maximum Gasteiger partial charge on any atom is 0.410 e. The molecular formula is C47H72N2O8. The summed E-state index contributed by atoms with van der Waals surface area (Å²) in [5, 5.41) is 9.02. The minimum atomic E-state index is -0.664. The number of amides is 2. The first-order chi connectivity index (χ1) is 27.5. The fourth-order valence-electron chi connectivity index (χ4n) is 15.4. The van der Waals surface area contributed by atoms with E-state index in [1.165, 1.54) is 84.2 Å². The maximum atomic E-state index is 12.9. The summed E-state index contributed by atoms with van der Waals surface area (Å²) in [7, 11) is 1.48. The third-order valence-electron chi connectivity index (χ3n) is 18.4. The molecule has 1 N–H and O–H groups in total. The number of ether oxygens (including phenoxy) is 3. The van der Waals surface area contributed by atoms with Gasteiger partial charge in [0.1, 0.15) is 12.2 Å². The monoisotopic (exact) mass is 793 g/mol. The zero-order valence-electron chi connectivity index (χ0n) is 34.9. The summed E-state index contributed by atoms with van der Waals surface area (Å²) in [4.78, 5) is 52.2. The molecule has 0 aromatic heterocycles. The SMILES string of the molecule is COC(=O)CC1CCC2(CC1)CCN(C(=O)OC1C3CC4CC(C3)CC1C4)CC2.O=C(O)CC1CCC2(CC1)CCN(C(=O)OC1C3CC4CC(C3)CC1C4)CC2.